The highest BCUT2D eigenvalue weighted by atomic mass is 16.7. The van der Waals surface area contributed by atoms with Crippen LogP contribution in [-0.4, -0.2) is 46.8 Å². The number of nitrogens with one attached hydrogen (secondary N) is 2. The van der Waals surface area contributed by atoms with E-state index in [2.05, 4.69) is 34.2 Å². The van der Waals surface area contributed by atoms with E-state index in [1.54, 1.807) is 0 Å². The third kappa shape index (κ3) is 6.62. The maximum absolute atomic E-state index is 13.1. The Morgan fingerprint density at radius 2 is 1.55 bits per heavy atom. The highest BCUT2D eigenvalue weighted by molar-refractivity contribution is 5.89. The highest BCUT2D eigenvalue weighted by Gasteiger charge is 2.51. The number of ether oxygens (including phenoxy) is 2. The summed E-state index contributed by atoms with van der Waals surface area (Å²) < 4.78 is 13.2. The van der Waals surface area contributed by atoms with Crippen molar-refractivity contribution in [2.45, 2.75) is 107 Å². The Bertz CT molecular complexity index is 1250. The zero-order chi connectivity index (χ0) is 30.1. The topological polar surface area (TPSA) is 83.1 Å². The van der Waals surface area contributed by atoms with Crippen molar-refractivity contribution in [3.8, 4) is 0 Å². The molecule has 6 fully saturated rings. The lowest BCUT2D eigenvalue weighted by atomic mass is 9.53. The summed E-state index contributed by atoms with van der Waals surface area (Å²) in [5, 5.41) is 16.1. The molecule has 1 saturated heterocycles. The molecule has 6 aliphatic rings. The molecule has 1 aliphatic heterocycles. The number of carbonyl (C=O) groups excluding carboxylic acids is 1. The van der Waals surface area contributed by atoms with Gasteiger partial charge in [0, 0.05) is 42.3 Å². The van der Waals surface area contributed by atoms with E-state index in [1.165, 1.54) is 44.9 Å². The minimum absolute atomic E-state index is 0.000628. The summed E-state index contributed by atoms with van der Waals surface area (Å²) in [5.41, 5.74) is 3.69. The average Bonchev–Trinajstić information content (AvgIpc) is 3.55. The first-order valence-corrected chi connectivity index (χ1v) is 17.0. The molecule has 5 aliphatic carbocycles. The van der Waals surface area contributed by atoms with Crippen LogP contribution in [0.5, 0.6) is 0 Å². The van der Waals surface area contributed by atoms with Gasteiger partial charge in [-0.2, -0.15) is 0 Å². The van der Waals surface area contributed by atoms with Crippen LogP contribution in [0.4, 0.5) is 10.5 Å². The number of rotatable bonds is 10. The van der Waals surface area contributed by atoms with Crippen molar-refractivity contribution in [2.24, 2.45) is 17.8 Å². The predicted molar refractivity (Wildman–Crippen MR) is 172 cm³/mol. The number of nitrogens with zero attached hydrogens (tertiary/aromatic N) is 1. The van der Waals surface area contributed by atoms with Gasteiger partial charge in [0.1, 0.15) is 0 Å². The van der Waals surface area contributed by atoms with E-state index < -0.39 is 6.29 Å². The van der Waals surface area contributed by atoms with Gasteiger partial charge in [-0.1, -0.05) is 55.3 Å². The van der Waals surface area contributed by atoms with Gasteiger partial charge in [0.15, 0.2) is 6.29 Å². The molecule has 1 heterocycles. The van der Waals surface area contributed by atoms with Crippen molar-refractivity contribution in [3.05, 3.63) is 77.9 Å². The SMILES string of the molecule is C=CCN(CC1CC(c2ccc(CO)cc2)OC(c2ccc(NC(=O)NC34CC5CC(CC(C5)C3)C4)cc2)O1)C1CCCC1. The van der Waals surface area contributed by atoms with Crippen molar-refractivity contribution in [3.63, 3.8) is 0 Å². The van der Waals surface area contributed by atoms with Crippen LogP contribution in [0.2, 0.25) is 0 Å². The molecule has 44 heavy (non-hydrogen) atoms. The van der Waals surface area contributed by atoms with Crippen LogP contribution < -0.4 is 10.6 Å². The number of hydrogen-bond donors (Lipinski definition) is 3. The number of aliphatic hydroxyl groups is 1. The quantitative estimate of drug-likeness (QED) is 0.251. The number of urea groups is 1. The minimum Gasteiger partial charge on any atom is -0.392 e. The average molecular weight is 600 g/mol. The van der Waals surface area contributed by atoms with Crippen molar-refractivity contribution in [1.29, 1.82) is 0 Å². The van der Waals surface area contributed by atoms with E-state index in [4.69, 9.17) is 9.47 Å². The molecule has 3 atom stereocenters. The minimum atomic E-state index is -0.514. The standard InChI is InChI=1S/C37H49N3O4/c1-2-15-40(32-5-3-4-6-32)23-33-19-34(29-9-7-25(24-41)8-10-29)44-35(43-33)30-11-13-31(14-12-30)38-36(42)39-37-20-26-16-27(21-37)18-28(17-26)22-37/h2,7-14,26-28,32-35,41H,1,3-6,15-24H2,(H2,38,39,42). The lowest BCUT2D eigenvalue weighted by Gasteiger charge is -2.56. The van der Waals surface area contributed by atoms with E-state index in [9.17, 15) is 9.90 Å². The van der Waals surface area contributed by atoms with Gasteiger partial charge in [-0.05, 0) is 92.4 Å². The number of anilines is 1. The third-order valence-corrected chi connectivity index (χ3v) is 11.1. The molecule has 0 radical (unpaired) electrons. The second-order valence-electron chi connectivity index (χ2n) is 14.4. The molecule has 0 spiro atoms. The Kier molecular flexibility index (Phi) is 8.82. The maximum atomic E-state index is 13.1. The molecule has 2 aromatic rings. The van der Waals surface area contributed by atoms with Crippen molar-refractivity contribution in [2.75, 3.05) is 18.4 Å². The van der Waals surface area contributed by atoms with Crippen LogP contribution in [0, 0.1) is 17.8 Å². The zero-order valence-electron chi connectivity index (χ0n) is 26.0. The monoisotopic (exact) mass is 599 g/mol. The highest BCUT2D eigenvalue weighted by Crippen LogP contribution is 2.55. The summed E-state index contributed by atoms with van der Waals surface area (Å²) in [6, 6.07) is 16.5. The molecule has 236 valence electrons. The van der Waals surface area contributed by atoms with Crippen molar-refractivity contribution in [1.82, 2.24) is 10.2 Å². The molecule has 7 heteroatoms. The lowest BCUT2D eigenvalue weighted by Crippen LogP contribution is -2.60. The fourth-order valence-electron chi connectivity index (χ4n) is 9.49. The fraction of sp³-hybridized carbons (Fsp3) is 0.595. The van der Waals surface area contributed by atoms with Crippen LogP contribution in [0.25, 0.3) is 0 Å². The fourth-order valence-corrected chi connectivity index (χ4v) is 9.49. The number of hydrogen-bond acceptors (Lipinski definition) is 5. The van der Waals surface area contributed by atoms with Crippen LogP contribution in [-0.2, 0) is 16.1 Å². The molecular weight excluding hydrogens is 550 g/mol. The Morgan fingerprint density at radius 3 is 2.16 bits per heavy atom. The normalized spacial score (nSPS) is 33.0. The molecule has 2 amide bonds. The van der Waals surface area contributed by atoms with E-state index in [0.29, 0.717) is 6.04 Å². The van der Waals surface area contributed by atoms with Crippen LogP contribution >= 0.6 is 0 Å². The van der Waals surface area contributed by atoms with E-state index >= 15 is 0 Å². The summed E-state index contributed by atoms with van der Waals surface area (Å²) in [7, 11) is 0. The first kappa shape index (κ1) is 30.0. The smallest absolute Gasteiger partial charge is 0.319 e. The van der Waals surface area contributed by atoms with Crippen LogP contribution in [0.3, 0.4) is 0 Å². The Hall–Kier alpha value is -2.71. The zero-order valence-corrected chi connectivity index (χ0v) is 26.0. The molecule has 3 N–H and O–H groups in total. The Labute approximate surface area is 262 Å². The van der Waals surface area contributed by atoms with Crippen molar-refractivity contribution < 1.29 is 19.4 Å². The molecule has 2 aromatic carbocycles. The van der Waals surface area contributed by atoms with Gasteiger partial charge in [-0.25, -0.2) is 4.79 Å². The lowest BCUT2D eigenvalue weighted by molar-refractivity contribution is -0.253. The first-order valence-electron chi connectivity index (χ1n) is 17.0. The maximum Gasteiger partial charge on any atom is 0.319 e. The van der Waals surface area contributed by atoms with Gasteiger partial charge in [-0.15, -0.1) is 6.58 Å². The molecule has 0 aromatic heterocycles. The molecule has 4 bridgehead atoms. The summed E-state index contributed by atoms with van der Waals surface area (Å²) in [5.74, 6) is 2.37. The van der Waals surface area contributed by atoms with Crippen molar-refractivity contribution >= 4 is 11.7 Å². The number of benzene rings is 2. The summed E-state index contributed by atoms with van der Waals surface area (Å²) in [6.07, 6.45) is 14.7. The molecule has 8 rings (SSSR count). The van der Waals surface area contributed by atoms with Gasteiger partial charge < -0.3 is 25.2 Å². The van der Waals surface area contributed by atoms with Crippen LogP contribution in [0.15, 0.2) is 61.2 Å². The Balaban J connectivity index is 1.03. The predicted octanol–water partition coefficient (Wildman–Crippen LogP) is 7.25. The van der Waals surface area contributed by atoms with E-state index in [0.717, 1.165) is 78.9 Å². The third-order valence-electron chi connectivity index (χ3n) is 11.1. The van der Waals surface area contributed by atoms with E-state index in [-0.39, 0.29) is 30.4 Å². The molecule has 5 saturated carbocycles. The molecule has 7 nitrogen and oxygen atoms in total. The number of aliphatic hydroxyl groups excluding tert-OH is 1. The van der Waals surface area contributed by atoms with Gasteiger partial charge in [0.05, 0.1) is 18.8 Å². The largest absolute Gasteiger partial charge is 0.392 e. The number of carbonyl (C=O) groups is 1. The number of amides is 2. The summed E-state index contributed by atoms with van der Waals surface area (Å²) in [6.45, 7) is 5.75. The second-order valence-corrected chi connectivity index (χ2v) is 14.4. The van der Waals surface area contributed by atoms with Crippen LogP contribution in [0.1, 0.15) is 99.7 Å². The van der Waals surface area contributed by atoms with Gasteiger partial charge in [0.25, 0.3) is 0 Å². The molecule has 3 unspecified atom stereocenters. The molecular formula is C37H49N3O4. The van der Waals surface area contributed by atoms with Gasteiger partial charge in [-0.3, -0.25) is 4.90 Å². The Morgan fingerprint density at radius 1 is 0.909 bits per heavy atom. The first-order chi connectivity index (χ1) is 21.5. The van der Waals surface area contributed by atoms with Gasteiger partial charge in [0.2, 0.25) is 0 Å². The summed E-state index contributed by atoms with van der Waals surface area (Å²) in [4.78, 5) is 15.7. The van der Waals surface area contributed by atoms with E-state index in [1.807, 2.05) is 42.5 Å². The summed E-state index contributed by atoms with van der Waals surface area (Å²) >= 11 is 0. The second kappa shape index (κ2) is 13.0. The van der Waals surface area contributed by atoms with Gasteiger partial charge >= 0.3 is 6.03 Å².